The van der Waals surface area contributed by atoms with Crippen LogP contribution in [0.3, 0.4) is 0 Å². The van der Waals surface area contributed by atoms with Crippen molar-refractivity contribution in [2.24, 2.45) is 0 Å². The lowest BCUT2D eigenvalue weighted by Gasteiger charge is -2.10. The SMILES string of the molecule is Cc1cccc(C)c1NC(=O)c1cc(Cn2cc(Cl)cn2)cs1. The molecule has 1 aromatic carbocycles. The van der Waals surface area contributed by atoms with Crippen LogP contribution in [0.1, 0.15) is 26.4 Å². The maximum Gasteiger partial charge on any atom is 0.265 e. The number of nitrogens with one attached hydrogen (secondary N) is 1. The highest BCUT2D eigenvalue weighted by Crippen LogP contribution is 2.22. The first-order chi connectivity index (χ1) is 11.0. The van der Waals surface area contributed by atoms with E-state index < -0.39 is 0 Å². The maximum atomic E-state index is 12.4. The Labute approximate surface area is 143 Å². The molecule has 0 spiro atoms. The van der Waals surface area contributed by atoms with Crippen molar-refractivity contribution in [3.05, 3.63) is 68.6 Å². The summed E-state index contributed by atoms with van der Waals surface area (Å²) in [6, 6.07) is 7.86. The second-order valence-electron chi connectivity index (χ2n) is 5.40. The van der Waals surface area contributed by atoms with Crippen LogP contribution in [0.4, 0.5) is 5.69 Å². The van der Waals surface area contributed by atoms with Crippen molar-refractivity contribution >= 4 is 34.5 Å². The van der Waals surface area contributed by atoms with Gasteiger partial charge in [0.15, 0.2) is 0 Å². The zero-order chi connectivity index (χ0) is 16.4. The van der Waals surface area contributed by atoms with Gasteiger partial charge in [-0.15, -0.1) is 11.3 Å². The van der Waals surface area contributed by atoms with Crippen LogP contribution in [0.5, 0.6) is 0 Å². The van der Waals surface area contributed by atoms with Crippen molar-refractivity contribution in [1.82, 2.24) is 9.78 Å². The molecule has 0 saturated heterocycles. The number of hydrogen-bond donors (Lipinski definition) is 1. The predicted octanol–water partition coefficient (Wildman–Crippen LogP) is 4.52. The van der Waals surface area contributed by atoms with Gasteiger partial charge in [-0.1, -0.05) is 29.8 Å². The quantitative estimate of drug-likeness (QED) is 0.756. The number of benzene rings is 1. The highest BCUT2D eigenvalue weighted by molar-refractivity contribution is 7.12. The molecule has 0 aliphatic carbocycles. The number of carbonyl (C=O) groups excluding carboxylic acids is 1. The van der Waals surface area contributed by atoms with Gasteiger partial charge in [0.25, 0.3) is 5.91 Å². The van der Waals surface area contributed by atoms with E-state index in [2.05, 4.69) is 10.4 Å². The summed E-state index contributed by atoms with van der Waals surface area (Å²) in [5.74, 6) is -0.0860. The fraction of sp³-hybridized carbons (Fsp3) is 0.176. The minimum absolute atomic E-state index is 0.0860. The number of anilines is 1. The molecule has 0 saturated carbocycles. The topological polar surface area (TPSA) is 46.9 Å². The molecule has 0 bridgehead atoms. The zero-order valence-electron chi connectivity index (χ0n) is 12.8. The normalized spacial score (nSPS) is 10.7. The Hall–Kier alpha value is -2.11. The molecule has 0 atom stereocenters. The first kappa shape index (κ1) is 15.8. The third kappa shape index (κ3) is 3.63. The summed E-state index contributed by atoms with van der Waals surface area (Å²) >= 11 is 7.29. The molecule has 6 heteroatoms. The number of aryl methyl sites for hydroxylation is 2. The van der Waals surface area contributed by atoms with Crippen molar-refractivity contribution in [3.8, 4) is 0 Å². The van der Waals surface area contributed by atoms with Gasteiger partial charge in [-0.3, -0.25) is 9.48 Å². The molecule has 0 aliphatic rings. The number of thiophene rings is 1. The summed E-state index contributed by atoms with van der Waals surface area (Å²) in [6.45, 7) is 4.58. The van der Waals surface area contributed by atoms with Crippen LogP contribution in [0, 0.1) is 13.8 Å². The first-order valence-corrected chi connectivity index (χ1v) is 8.41. The standard InChI is InChI=1S/C17H16ClN3OS/c1-11-4-3-5-12(2)16(11)20-17(22)15-6-13(10-23-15)8-21-9-14(18)7-19-21/h3-7,9-10H,8H2,1-2H3,(H,20,22). The highest BCUT2D eigenvalue weighted by atomic mass is 35.5. The van der Waals surface area contributed by atoms with Gasteiger partial charge >= 0.3 is 0 Å². The van der Waals surface area contributed by atoms with E-state index in [0.29, 0.717) is 16.4 Å². The fourth-order valence-corrected chi connectivity index (χ4v) is 3.33. The highest BCUT2D eigenvalue weighted by Gasteiger charge is 2.12. The third-order valence-corrected chi connectivity index (χ3v) is 4.72. The average molecular weight is 346 g/mol. The van der Waals surface area contributed by atoms with Crippen LogP contribution >= 0.6 is 22.9 Å². The van der Waals surface area contributed by atoms with E-state index in [9.17, 15) is 4.79 Å². The third-order valence-electron chi connectivity index (χ3n) is 3.54. The second-order valence-corrected chi connectivity index (χ2v) is 6.74. The summed E-state index contributed by atoms with van der Waals surface area (Å²) in [5, 5.41) is 9.72. The molecule has 118 valence electrons. The number of aromatic nitrogens is 2. The Kier molecular flexibility index (Phi) is 4.50. The minimum atomic E-state index is -0.0860. The number of halogens is 1. The van der Waals surface area contributed by atoms with E-state index in [1.165, 1.54) is 11.3 Å². The van der Waals surface area contributed by atoms with Crippen molar-refractivity contribution in [2.75, 3.05) is 5.32 Å². The Morgan fingerprint density at radius 3 is 2.74 bits per heavy atom. The van der Waals surface area contributed by atoms with Crippen LogP contribution in [0.15, 0.2) is 42.0 Å². The summed E-state index contributed by atoms with van der Waals surface area (Å²) in [5.41, 5.74) is 4.02. The van der Waals surface area contributed by atoms with E-state index in [4.69, 9.17) is 11.6 Å². The number of nitrogens with zero attached hydrogens (tertiary/aromatic N) is 2. The first-order valence-electron chi connectivity index (χ1n) is 7.16. The Morgan fingerprint density at radius 1 is 1.35 bits per heavy atom. The van der Waals surface area contributed by atoms with Crippen molar-refractivity contribution in [1.29, 1.82) is 0 Å². The molecule has 1 amide bonds. The molecule has 2 heterocycles. The molecular weight excluding hydrogens is 330 g/mol. The number of para-hydroxylation sites is 1. The fourth-order valence-electron chi connectivity index (χ4n) is 2.38. The van der Waals surface area contributed by atoms with E-state index in [0.717, 1.165) is 22.4 Å². The molecule has 1 N–H and O–H groups in total. The Morgan fingerprint density at radius 2 is 2.09 bits per heavy atom. The molecule has 0 unspecified atom stereocenters. The van der Waals surface area contributed by atoms with Gasteiger partial charge in [-0.2, -0.15) is 5.10 Å². The molecule has 0 aliphatic heterocycles. The molecule has 4 nitrogen and oxygen atoms in total. The molecular formula is C17H16ClN3OS. The van der Waals surface area contributed by atoms with Crippen molar-refractivity contribution < 1.29 is 4.79 Å². The minimum Gasteiger partial charge on any atom is -0.321 e. The molecule has 0 radical (unpaired) electrons. The van der Waals surface area contributed by atoms with Gasteiger partial charge in [0.1, 0.15) is 0 Å². The van der Waals surface area contributed by atoms with Gasteiger partial charge in [0, 0.05) is 11.9 Å². The van der Waals surface area contributed by atoms with Crippen LogP contribution in [-0.4, -0.2) is 15.7 Å². The number of amides is 1. The molecule has 23 heavy (non-hydrogen) atoms. The number of rotatable bonds is 4. The lowest BCUT2D eigenvalue weighted by molar-refractivity contribution is 0.103. The van der Waals surface area contributed by atoms with Gasteiger partial charge in [0.05, 0.1) is 22.6 Å². The summed E-state index contributed by atoms with van der Waals surface area (Å²) in [6.07, 6.45) is 3.36. The predicted molar refractivity (Wildman–Crippen MR) is 94.5 cm³/mol. The van der Waals surface area contributed by atoms with Crippen molar-refractivity contribution in [3.63, 3.8) is 0 Å². The van der Waals surface area contributed by atoms with Gasteiger partial charge < -0.3 is 5.32 Å². The zero-order valence-corrected chi connectivity index (χ0v) is 14.4. The van der Waals surface area contributed by atoms with Gasteiger partial charge in [-0.25, -0.2) is 0 Å². The molecule has 2 aromatic heterocycles. The van der Waals surface area contributed by atoms with Gasteiger partial charge in [-0.05, 0) is 42.0 Å². The summed E-state index contributed by atoms with van der Waals surface area (Å²) in [4.78, 5) is 13.1. The monoisotopic (exact) mass is 345 g/mol. The lowest BCUT2D eigenvalue weighted by Crippen LogP contribution is -2.12. The van der Waals surface area contributed by atoms with E-state index in [1.807, 2.05) is 43.5 Å². The molecule has 3 rings (SSSR count). The summed E-state index contributed by atoms with van der Waals surface area (Å²) < 4.78 is 1.75. The number of carbonyl (C=O) groups is 1. The Balaban J connectivity index is 1.73. The van der Waals surface area contributed by atoms with E-state index in [1.54, 1.807) is 17.1 Å². The molecule has 3 aromatic rings. The van der Waals surface area contributed by atoms with Crippen molar-refractivity contribution in [2.45, 2.75) is 20.4 Å². The number of hydrogen-bond acceptors (Lipinski definition) is 3. The smallest absolute Gasteiger partial charge is 0.265 e. The van der Waals surface area contributed by atoms with Crippen LogP contribution in [-0.2, 0) is 6.54 Å². The van der Waals surface area contributed by atoms with Crippen LogP contribution in [0.2, 0.25) is 5.02 Å². The average Bonchev–Trinajstić information content (AvgIpc) is 3.13. The molecule has 0 fully saturated rings. The second kappa shape index (κ2) is 6.56. The maximum absolute atomic E-state index is 12.4. The summed E-state index contributed by atoms with van der Waals surface area (Å²) in [7, 11) is 0. The Bertz CT molecular complexity index is 833. The van der Waals surface area contributed by atoms with Crippen LogP contribution in [0.25, 0.3) is 0 Å². The van der Waals surface area contributed by atoms with E-state index >= 15 is 0 Å². The van der Waals surface area contributed by atoms with Crippen LogP contribution < -0.4 is 5.32 Å². The van der Waals surface area contributed by atoms with E-state index in [-0.39, 0.29) is 5.91 Å². The lowest BCUT2D eigenvalue weighted by atomic mass is 10.1. The van der Waals surface area contributed by atoms with Gasteiger partial charge in [0.2, 0.25) is 0 Å². The largest absolute Gasteiger partial charge is 0.321 e.